The smallest absolute Gasteiger partial charge is 0.309 e. The highest BCUT2D eigenvalue weighted by Gasteiger charge is 2.14. The Bertz CT molecular complexity index is 464. The number of carbonyl (C=O) groups excluding carboxylic acids is 2. The van der Waals surface area contributed by atoms with Crippen molar-refractivity contribution in [2.75, 3.05) is 31.0 Å². The average Bonchev–Trinajstić information content (AvgIpc) is 2.46. The van der Waals surface area contributed by atoms with E-state index in [0.717, 1.165) is 0 Å². The Hall–Kier alpha value is -1.69. The number of methoxy groups -OCH3 is 2. The Morgan fingerprint density at radius 3 is 2.65 bits per heavy atom. The number of amides is 1. The summed E-state index contributed by atoms with van der Waals surface area (Å²) in [6.07, 6.45) is 0. The van der Waals surface area contributed by atoms with Gasteiger partial charge in [0.15, 0.2) is 0 Å². The SMILES string of the molecule is COC(=O)C(C)CSCC(=O)Nc1ccccc1OC. The minimum atomic E-state index is -0.261. The summed E-state index contributed by atoms with van der Waals surface area (Å²) in [7, 11) is 2.91. The first-order valence-electron chi connectivity index (χ1n) is 6.17. The maximum atomic E-state index is 11.8. The fourth-order valence-electron chi connectivity index (χ4n) is 1.53. The van der Waals surface area contributed by atoms with Crippen LogP contribution in [0.15, 0.2) is 24.3 Å². The van der Waals surface area contributed by atoms with Gasteiger partial charge in [0.2, 0.25) is 5.91 Å². The second-order valence-electron chi connectivity index (χ2n) is 4.19. The molecule has 0 aliphatic heterocycles. The molecule has 0 saturated carbocycles. The lowest BCUT2D eigenvalue weighted by Gasteiger charge is -2.11. The molecule has 1 aromatic carbocycles. The van der Waals surface area contributed by atoms with E-state index in [1.807, 2.05) is 12.1 Å². The predicted octanol–water partition coefficient (Wildman–Crippen LogP) is 2.18. The van der Waals surface area contributed by atoms with E-state index < -0.39 is 0 Å². The number of nitrogens with one attached hydrogen (secondary N) is 1. The third kappa shape index (κ3) is 5.13. The zero-order chi connectivity index (χ0) is 15.0. The van der Waals surface area contributed by atoms with Gasteiger partial charge in [-0.15, -0.1) is 0 Å². The Morgan fingerprint density at radius 1 is 1.30 bits per heavy atom. The molecule has 0 saturated heterocycles. The van der Waals surface area contributed by atoms with Crippen molar-refractivity contribution in [1.29, 1.82) is 0 Å². The molecule has 1 amide bonds. The number of carbonyl (C=O) groups is 2. The van der Waals surface area contributed by atoms with Gasteiger partial charge in [-0.1, -0.05) is 19.1 Å². The second kappa shape index (κ2) is 8.47. The topological polar surface area (TPSA) is 64.6 Å². The zero-order valence-corrected chi connectivity index (χ0v) is 12.7. The van der Waals surface area contributed by atoms with Crippen LogP contribution in [0.5, 0.6) is 5.75 Å². The highest BCUT2D eigenvalue weighted by Crippen LogP contribution is 2.23. The van der Waals surface area contributed by atoms with Crippen molar-refractivity contribution in [2.24, 2.45) is 5.92 Å². The average molecular weight is 297 g/mol. The van der Waals surface area contributed by atoms with Gasteiger partial charge in [-0.25, -0.2) is 0 Å². The van der Waals surface area contributed by atoms with E-state index in [9.17, 15) is 9.59 Å². The zero-order valence-electron chi connectivity index (χ0n) is 11.8. The van der Waals surface area contributed by atoms with Crippen molar-refractivity contribution >= 4 is 29.3 Å². The van der Waals surface area contributed by atoms with Crippen LogP contribution in [0, 0.1) is 5.92 Å². The summed E-state index contributed by atoms with van der Waals surface area (Å²) in [5.74, 6) is 0.836. The summed E-state index contributed by atoms with van der Waals surface area (Å²) < 4.78 is 9.78. The highest BCUT2D eigenvalue weighted by molar-refractivity contribution is 8.00. The molecule has 1 rings (SSSR count). The van der Waals surface area contributed by atoms with Crippen molar-refractivity contribution in [1.82, 2.24) is 0 Å². The summed E-state index contributed by atoms with van der Waals surface area (Å²) in [5.41, 5.74) is 0.640. The monoisotopic (exact) mass is 297 g/mol. The number of para-hydroxylation sites is 2. The molecule has 0 radical (unpaired) electrons. The van der Waals surface area contributed by atoms with Gasteiger partial charge in [0.1, 0.15) is 5.75 Å². The van der Waals surface area contributed by atoms with Gasteiger partial charge >= 0.3 is 5.97 Å². The van der Waals surface area contributed by atoms with Crippen molar-refractivity contribution in [2.45, 2.75) is 6.92 Å². The number of ether oxygens (including phenoxy) is 2. The molecule has 6 heteroatoms. The van der Waals surface area contributed by atoms with Gasteiger partial charge < -0.3 is 14.8 Å². The van der Waals surface area contributed by atoms with Gasteiger partial charge in [-0.05, 0) is 12.1 Å². The molecular formula is C14H19NO4S. The standard InChI is InChI=1S/C14H19NO4S/c1-10(14(17)19-3)8-20-9-13(16)15-11-6-4-5-7-12(11)18-2/h4-7,10H,8-9H2,1-3H3,(H,15,16). The molecule has 20 heavy (non-hydrogen) atoms. The Labute approximate surface area is 123 Å². The molecule has 0 fully saturated rings. The molecule has 1 aromatic rings. The van der Waals surface area contributed by atoms with Crippen LogP contribution in [0.3, 0.4) is 0 Å². The number of hydrogen-bond acceptors (Lipinski definition) is 5. The Balaban J connectivity index is 2.39. The summed E-state index contributed by atoms with van der Waals surface area (Å²) in [5, 5.41) is 2.78. The maximum absolute atomic E-state index is 11.8. The highest BCUT2D eigenvalue weighted by atomic mass is 32.2. The first-order chi connectivity index (χ1) is 9.58. The fraction of sp³-hybridized carbons (Fsp3) is 0.429. The third-order valence-corrected chi connectivity index (χ3v) is 3.79. The molecule has 110 valence electrons. The normalized spacial score (nSPS) is 11.6. The molecule has 0 spiro atoms. The predicted molar refractivity (Wildman–Crippen MR) is 80.1 cm³/mol. The quantitative estimate of drug-likeness (QED) is 0.781. The van der Waals surface area contributed by atoms with Crippen LogP contribution in [0.4, 0.5) is 5.69 Å². The second-order valence-corrected chi connectivity index (χ2v) is 5.22. The van der Waals surface area contributed by atoms with E-state index in [1.54, 1.807) is 26.2 Å². The Morgan fingerprint density at radius 2 is 2.00 bits per heavy atom. The van der Waals surface area contributed by atoms with E-state index in [2.05, 4.69) is 10.1 Å². The summed E-state index contributed by atoms with van der Waals surface area (Å²) >= 11 is 1.39. The first-order valence-corrected chi connectivity index (χ1v) is 7.32. The lowest BCUT2D eigenvalue weighted by molar-refractivity contribution is -0.144. The van der Waals surface area contributed by atoms with E-state index in [4.69, 9.17) is 4.74 Å². The van der Waals surface area contributed by atoms with Gasteiger partial charge in [-0.2, -0.15) is 11.8 Å². The van der Waals surface area contributed by atoms with Crippen LogP contribution < -0.4 is 10.1 Å². The molecule has 1 unspecified atom stereocenters. The third-order valence-electron chi connectivity index (χ3n) is 2.59. The number of thioether (sulfide) groups is 1. The number of esters is 1. The van der Waals surface area contributed by atoms with Crippen LogP contribution >= 0.6 is 11.8 Å². The maximum Gasteiger partial charge on any atom is 0.309 e. The van der Waals surface area contributed by atoms with E-state index in [0.29, 0.717) is 17.2 Å². The lowest BCUT2D eigenvalue weighted by atomic mass is 10.2. The minimum Gasteiger partial charge on any atom is -0.495 e. The summed E-state index contributed by atoms with van der Waals surface area (Å²) in [6.45, 7) is 1.77. The van der Waals surface area contributed by atoms with Gasteiger partial charge in [0.05, 0.1) is 31.6 Å². The van der Waals surface area contributed by atoms with Crippen LogP contribution in [-0.2, 0) is 14.3 Å². The van der Waals surface area contributed by atoms with Crippen molar-refractivity contribution < 1.29 is 19.1 Å². The fourth-order valence-corrected chi connectivity index (χ4v) is 2.40. The van der Waals surface area contributed by atoms with Gasteiger partial charge in [0, 0.05) is 5.75 Å². The van der Waals surface area contributed by atoms with E-state index >= 15 is 0 Å². The molecule has 1 N–H and O–H groups in total. The van der Waals surface area contributed by atoms with Crippen molar-refractivity contribution in [3.63, 3.8) is 0 Å². The van der Waals surface area contributed by atoms with Crippen molar-refractivity contribution in [3.8, 4) is 5.75 Å². The van der Waals surface area contributed by atoms with E-state index in [1.165, 1.54) is 18.9 Å². The van der Waals surface area contributed by atoms with Gasteiger partial charge in [0.25, 0.3) is 0 Å². The Kier molecular flexibility index (Phi) is 6.93. The van der Waals surface area contributed by atoms with Crippen LogP contribution in [-0.4, -0.2) is 37.6 Å². The minimum absolute atomic E-state index is 0.128. The molecule has 0 bridgehead atoms. The summed E-state index contributed by atoms with van der Waals surface area (Å²) in [6, 6.07) is 7.21. The lowest BCUT2D eigenvalue weighted by Crippen LogP contribution is -2.18. The molecule has 0 aliphatic rings. The molecule has 0 aliphatic carbocycles. The van der Waals surface area contributed by atoms with Crippen LogP contribution in [0.25, 0.3) is 0 Å². The van der Waals surface area contributed by atoms with Crippen LogP contribution in [0.2, 0.25) is 0 Å². The number of hydrogen-bond donors (Lipinski definition) is 1. The van der Waals surface area contributed by atoms with Gasteiger partial charge in [-0.3, -0.25) is 9.59 Å². The first kappa shape index (κ1) is 16.4. The van der Waals surface area contributed by atoms with E-state index in [-0.39, 0.29) is 23.5 Å². The molecule has 5 nitrogen and oxygen atoms in total. The molecule has 0 heterocycles. The van der Waals surface area contributed by atoms with Crippen LogP contribution in [0.1, 0.15) is 6.92 Å². The molecular weight excluding hydrogens is 278 g/mol. The molecule has 0 aromatic heterocycles. The number of rotatable bonds is 7. The largest absolute Gasteiger partial charge is 0.495 e. The summed E-state index contributed by atoms with van der Waals surface area (Å²) in [4.78, 5) is 23.0. The van der Waals surface area contributed by atoms with Crippen molar-refractivity contribution in [3.05, 3.63) is 24.3 Å². The number of benzene rings is 1. The number of anilines is 1. The molecule has 1 atom stereocenters.